The third kappa shape index (κ3) is 5.14. The van der Waals surface area contributed by atoms with Gasteiger partial charge in [0.15, 0.2) is 0 Å². The third-order valence-electron chi connectivity index (χ3n) is 5.15. The van der Waals surface area contributed by atoms with Crippen LogP contribution in [0.25, 0.3) is 0 Å². The Morgan fingerprint density at radius 2 is 1.89 bits per heavy atom. The van der Waals surface area contributed by atoms with E-state index in [2.05, 4.69) is 4.90 Å². The molecule has 2 amide bonds. The summed E-state index contributed by atoms with van der Waals surface area (Å²) in [5.74, 6) is -1.19. The quantitative estimate of drug-likeness (QED) is 0.476. The summed E-state index contributed by atoms with van der Waals surface area (Å²) in [6.45, 7) is 7.60. The zero-order valence-electron chi connectivity index (χ0n) is 17.0. The number of amides is 2. The van der Waals surface area contributed by atoms with Gasteiger partial charge in [-0.15, -0.1) is 0 Å². The van der Waals surface area contributed by atoms with E-state index in [1.165, 1.54) is 5.48 Å². The lowest BCUT2D eigenvalue weighted by atomic mass is 9.89. The van der Waals surface area contributed by atoms with Gasteiger partial charge in [-0.3, -0.25) is 14.8 Å². The zero-order chi connectivity index (χ0) is 20.8. The first-order valence-corrected chi connectivity index (χ1v) is 9.60. The lowest BCUT2D eigenvalue weighted by Crippen LogP contribution is -2.57. The summed E-state index contributed by atoms with van der Waals surface area (Å²) < 4.78 is 5.19. The first-order chi connectivity index (χ1) is 13.3. The highest BCUT2D eigenvalue weighted by Gasteiger charge is 2.38. The molecule has 1 heterocycles. The number of aliphatic hydroxyl groups is 1. The van der Waals surface area contributed by atoms with E-state index >= 15 is 0 Å². The smallest absolute Gasteiger partial charge is 0.272 e. The number of rotatable bonds is 7. The van der Waals surface area contributed by atoms with Crippen molar-refractivity contribution in [2.24, 2.45) is 11.8 Å². The molecule has 0 aromatic heterocycles. The largest absolute Gasteiger partial charge is 0.497 e. The van der Waals surface area contributed by atoms with Crippen LogP contribution in [0.5, 0.6) is 5.75 Å². The Hall–Kier alpha value is -2.32. The molecule has 0 bridgehead atoms. The summed E-state index contributed by atoms with van der Waals surface area (Å²) in [7, 11) is 1.63. The Labute approximate surface area is 166 Å². The molecule has 3 atom stereocenters. The second kappa shape index (κ2) is 9.75. The Morgan fingerprint density at radius 3 is 2.39 bits per heavy atom. The van der Waals surface area contributed by atoms with Crippen LogP contribution in [0, 0.1) is 11.8 Å². The predicted molar refractivity (Wildman–Crippen MR) is 105 cm³/mol. The van der Waals surface area contributed by atoms with Crippen LogP contribution < -0.4 is 15.1 Å². The van der Waals surface area contributed by atoms with Crippen molar-refractivity contribution in [1.29, 1.82) is 0 Å². The Kier molecular flexibility index (Phi) is 7.65. The topological polar surface area (TPSA) is 102 Å². The number of piperazine rings is 1. The fourth-order valence-electron chi connectivity index (χ4n) is 3.65. The number of nitrogens with zero attached hydrogens (tertiary/aromatic N) is 2. The van der Waals surface area contributed by atoms with E-state index in [9.17, 15) is 14.7 Å². The molecule has 2 unspecified atom stereocenters. The van der Waals surface area contributed by atoms with Gasteiger partial charge in [0.1, 0.15) is 11.9 Å². The van der Waals surface area contributed by atoms with Crippen LogP contribution in [-0.2, 0) is 9.59 Å². The fraction of sp³-hybridized carbons (Fsp3) is 0.600. The molecule has 1 saturated heterocycles. The van der Waals surface area contributed by atoms with Gasteiger partial charge < -0.3 is 19.6 Å². The van der Waals surface area contributed by atoms with Gasteiger partial charge in [0, 0.05) is 31.4 Å². The molecule has 0 saturated carbocycles. The summed E-state index contributed by atoms with van der Waals surface area (Å²) in [5, 5.41) is 19.1. The lowest BCUT2D eigenvalue weighted by molar-refractivity contribution is -0.152. The maximum Gasteiger partial charge on any atom is 0.272 e. The number of nitrogens with one attached hydrogen (secondary N) is 1. The molecule has 28 heavy (non-hydrogen) atoms. The minimum atomic E-state index is -1.58. The fourth-order valence-corrected chi connectivity index (χ4v) is 3.65. The molecule has 1 fully saturated rings. The molecule has 1 aliphatic rings. The number of ether oxygens (including phenoxy) is 1. The molecule has 2 rings (SSSR count). The molecule has 8 nitrogen and oxygen atoms in total. The standard InChI is InChI=1S/C20H31N3O5/c1-13(2)11-17(18(24)19(25)21-27)20(26)23-10-9-22(12-14(23)3)15-5-7-16(28-4)8-6-15/h5-8,13-14,17-18,24,27H,9-12H2,1-4H3,(H,21,25)/t14-,17?,18?/m1/s1. The minimum absolute atomic E-state index is 0.0811. The van der Waals surface area contributed by atoms with Crippen molar-refractivity contribution < 1.29 is 24.6 Å². The lowest BCUT2D eigenvalue weighted by Gasteiger charge is -2.42. The molecule has 8 heteroatoms. The highest BCUT2D eigenvalue weighted by molar-refractivity contribution is 5.89. The number of aliphatic hydroxyl groups excluding tert-OH is 1. The predicted octanol–water partition coefficient (Wildman–Crippen LogP) is 1.26. The van der Waals surface area contributed by atoms with Crippen molar-refractivity contribution in [3.05, 3.63) is 24.3 Å². The first-order valence-electron chi connectivity index (χ1n) is 9.60. The Morgan fingerprint density at radius 1 is 1.25 bits per heavy atom. The van der Waals surface area contributed by atoms with Crippen LogP contribution in [0.4, 0.5) is 5.69 Å². The van der Waals surface area contributed by atoms with Gasteiger partial charge >= 0.3 is 0 Å². The van der Waals surface area contributed by atoms with Crippen molar-refractivity contribution in [1.82, 2.24) is 10.4 Å². The number of carbonyl (C=O) groups excluding carboxylic acids is 2. The van der Waals surface area contributed by atoms with Gasteiger partial charge in [-0.05, 0) is 43.5 Å². The van der Waals surface area contributed by atoms with Crippen LogP contribution >= 0.6 is 0 Å². The number of hydrogen-bond donors (Lipinski definition) is 3. The molecule has 156 valence electrons. The van der Waals surface area contributed by atoms with Crippen LogP contribution in [0.15, 0.2) is 24.3 Å². The summed E-state index contributed by atoms with van der Waals surface area (Å²) in [6.07, 6.45) is -1.22. The third-order valence-corrected chi connectivity index (χ3v) is 5.15. The van der Waals surface area contributed by atoms with Crippen molar-refractivity contribution in [3.8, 4) is 5.75 Å². The summed E-state index contributed by atoms with van der Waals surface area (Å²) >= 11 is 0. The number of carbonyl (C=O) groups is 2. The molecule has 0 aliphatic carbocycles. The first kappa shape index (κ1) is 22.0. The molecular weight excluding hydrogens is 362 g/mol. The van der Waals surface area contributed by atoms with Gasteiger partial charge in [-0.25, -0.2) is 5.48 Å². The maximum atomic E-state index is 13.1. The van der Waals surface area contributed by atoms with E-state index in [-0.39, 0.29) is 17.9 Å². The number of hydrogen-bond acceptors (Lipinski definition) is 6. The van der Waals surface area contributed by atoms with Crippen molar-refractivity contribution in [3.63, 3.8) is 0 Å². The molecular formula is C20H31N3O5. The van der Waals surface area contributed by atoms with E-state index in [4.69, 9.17) is 9.94 Å². The van der Waals surface area contributed by atoms with Gasteiger partial charge in [0.25, 0.3) is 5.91 Å². The van der Waals surface area contributed by atoms with Gasteiger partial charge in [-0.2, -0.15) is 0 Å². The Bertz CT molecular complexity index is 664. The maximum absolute atomic E-state index is 13.1. The molecule has 1 aromatic carbocycles. The van der Waals surface area contributed by atoms with Crippen LogP contribution in [0.1, 0.15) is 27.2 Å². The SMILES string of the molecule is COc1ccc(N2CCN(C(=O)C(CC(C)C)C(O)C(=O)NO)[C@H](C)C2)cc1. The van der Waals surface area contributed by atoms with E-state index < -0.39 is 17.9 Å². The molecule has 0 radical (unpaired) electrons. The number of hydroxylamine groups is 1. The second-order valence-corrected chi connectivity index (χ2v) is 7.68. The normalized spacial score (nSPS) is 19.3. The average molecular weight is 393 g/mol. The molecule has 0 spiro atoms. The Balaban J connectivity index is 2.09. The van der Waals surface area contributed by atoms with E-state index in [1.54, 1.807) is 12.0 Å². The van der Waals surface area contributed by atoms with E-state index in [0.717, 1.165) is 11.4 Å². The number of benzene rings is 1. The zero-order valence-corrected chi connectivity index (χ0v) is 17.0. The molecule has 1 aliphatic heterocycles. The van der Waals surface area contributed by atoms with Crippen LogP contribution in [0.2, 0.25) is 0 Å². The van der Waals surface area contributed by atoms with Gasteiger partial charge in [0.05, 0.1) is 13.0 Å². The van der Waals surface area contributed by atoms with Crippen molar-refractivity contribution in [2.75, 3.05) is 31.6 Å². The summed E-state index contributed by atoms with van der Waals surface area (Å²) in [5.41, 5.74) is 2.50. The van der Waals surface area contributed by atoms with Gasteiger partial charge in [-0.1, -0.05) is 13.8 Å². The van der Waals surface area contributed by atoms with E-state index in [0.29, 0.717) is 26.1 Å². The number of anilines is 1. The monoisotopic (exact) mass is 393 g/mol. The minimum Gasteiger partial charge on any atom is -0.497 e. The summed E-state index contributed by atoms with van der Waals surface area (Å²) in [6, 6.07) is 7.70. The highest BCUT2D eigenvalue weighted by atomic mass is 16.5. The van der Waals surface area contributed by atoms with Gasteiger partial charge in [0.2, 0.25) is 5.91 Å². The summed E-state index contributed by atoms with van der Waals surface area (Å²) in [4.78, 5) is 28.7. The average Bonchev–Trinajstić information content (AvgIpc) is 2.70. The number of methoxy groups -OCH3 is 1. The van der Waals surface area contributed by atoms with Crippen LogP contribution in [0.3, 0.4) is 0 Å². The van der Waals surface area contributed by atoms with Crippen LogP contribution in [-0.4, -0.2) is 65.9 Å². The van der Waals surface area contributed by atoms with E-state index in [1.807, 2.05) is 45.0 Å². The van der Waals surface area contributed by atoms with Crippen molar-refractivity contribution >= 4 is 17.5 Å². The second-order valence-electron chi connectivity index (χ2n) is 7.68. The molecule has 3 N–H and O–H groups in total. The van der Waals surface area contributed by atoms with Crippen molar-refractivity contribution in [2.45, 2.75) is 39.3 Å². The highest BCUT2D eigenvalue weighted by Crippen LogP contribution is 2.25. The molecule has 1 aromatic rings.